The summed E-state index contributed by atoms with van der Waals surface area (Å²) in [6, 6.07) is 2.95. The summed E-state index contributed by atoms with van der Waals surface area (Å²) >= 11 is 0. The van der Waals surface area contributed by atoms with Crippen LogP contribution < -0.4 is 10.6 Å². The summed E-state index contributed by atoms with van der Waals surface area (Å²) in [5.74, 6) is 0.300. The van der Waals surface area contributed by atoms with Gasteiger partial charge in [0.1, 0.15) is 11.9 Å². The maximum Gasteiger partial charge on any atom is 0.253 e. The highest BCUT2D eigenvalue weighted by atomic mass is 16.2. The first kappa shape index (κ1) is 15.7. The zero-order valence-corrected chi connectivity index (χ0v) is 12.0. The molecule has 0 radical (unpaired) electrons. The topological polar surface area (TPSA) is 74.3 Å². The highest BCUT2D eigenvalue weighted by Crippen LogP contribution is 2.07. The monoisotopic (exact) mass is 276 g/mol. The number of nitrogens with one attached hydrogen (secondary N) is 2. The summed E-state index contributed by atoms with van der Waals surface area (Å²) in [6.45, 7) is 5.70. The molecule has 0 saturated heterocycles. The van der Waals surface area contributed by atoms with E-state index in [4.69, 9.17) is 0 Å². The van der Waals surface area contributed by atoms with Gasteiger partial charge in [0.05, 0.1) is 5.56 Å². The second kappa shape index (κ2) is 7.28. The number of amides is 2. The summed E-state index contributed by atoms with van der Waals surface area (Å²) < 4.78 is 0. The number of nitrogens with zero attached hydrogens (tertiary/aromatic N) is 2. The number of anilines is 1. The van der Waals surface area contributed by atoms with Gasteiger partial charge >= 0.3 is 0 Å². The van der Waals surface area contributed by atoms with Gasteiger partial charge < -0.3 is 15.5 Å². The second-order valence-electron chi connectivity index (χ2n) is 4.53. The van der Waals surface area contributed by atoms with Crippen molar-refractivity contribution in [2.75, 3.05) is 26.0 Å². The van der Waals surface area contributed by atoms with Crippen molar-refractivity contribution in [3.63, 3.8) is 0 Å². The van der Waals surface area contributed by atoms with Crippen LogP contribution in [-0.4, -0.2) is 48.4 Å². The number of hydrogen-bond acceptors (Lipinski definition) is 4. The largest absolute Gasteiger partial charge is 0.359 e. The maximum absolute atomic E-state index is 11.7. The minimum absolute atomic E-state index is 0.0420. The quantitative estimate of drug-likeness (QED) is 0.757. The van der Waals surface area contributed by atoms with Crippen LogP contribution >= 0.6 is 0 Å². The van der Waals surface area contributed by atoms with Gasteiger partial charge in [0.25, 0.3) is 5.91 Å². The van der Waals surface area contributed by atoms with Gasteiger partial charge in [-0.25, -0.2) is 4.98 Å². The summed E-state index contributed by atoms with van der Waals surface area (Å²) in [6.07, 6.45) is 3.07. The first-order valence-corrected chi connectivity index (χ1v) is 6.28. The zero-order valence-electron chi connectivity index (χ0n) is 12.0. The molecule has 108 valence electrons. The SMILES string of the molecule is C=CCNC(=O)c1ccc(N[C@@H](C)C(=O)N(C)C)nc1. The van der Waals surface area contributed by atoms with E-state index in [2.05, 4.69) is 22.2 Å². The summed E-state index contributed by atoms with van der Waals surface area (Å²) in [5.41, 5.74) is 0.462. The Morgan fingerprint density at radius 2 is 2.15 bits per heavy atom. The molecule has 20 heavy (non-hydrogen) atoms. The normalized spacial score (nSPS) is 11.3. The average molecular weight is 276 g/mol. The fourth-order valence-electron chi connectivity index (χ4n) is 1.55. The van der Waals surface area contributed by atoms with Crippen LogP contribution in [0.15, 0.2) is 31.0 Å². The second-order valence-corrected chi connectivity index (χ2v) is 4.53. The van der Waals surface area contributed by atoms with Gasteiger partial charge in [0.15, 0.2) is 0 Å². The van der Waals surface area contributed by atoms with E-state index in [1.807, 2.05) is 0 Å². The molecule has 2 amide bonds. The smallest absolute Gasteiger partial charge is 0.253 e. The molecule has 1 atom stereocenters. The minimum atomic E-state index is -0.377. The van der Waals surface area contributed by atoms with Crippen molar-refractivity contribution >= 4 is 17.6 Å². The van der Waals surface area contributed by atoms with Crippen LogP contribution in [0.3, 0.4) is 0 Å². The molecule has 0 saturated carbocycles. The molecule has 0 aliphatic carbocycles. The van der Waals surface area contributed by atoms with Gasteiger partial charge in [-0.15, -0.1) is 6.58 Å². The van der Waals surface area contributed by atoms with Crippen molar-refractivity contribution in [2.24, 2.45) is 0 Å². The van der Waals surface area contributed by atoms with Crippen molar-refractivity contribution in [3.05, 3.63) is 36.5 Å². The van der Waals surface area contributed by atoms with Gasteiger partial charge in [0.2, 0.25) is 5.91 Å². The van der Waals surface area contributed by atoms with Crippen LogP contribution in [0.2, 0.25) is 0 Å². The lowest BCUT2D eigenvalue weighted by Crippen LogP contribution is -2.36. The Balaban J connectivity index is 2.65. The molecule has 0 aromatic carbocycles. The predicted molar refractivity (Wildman–Crippen MR) is 78.5 cm³/mol. The number of pyridine rings is 1. The van der Waals surface area contributed by atoms with Crippen LogP contribution in [0.4, 0.5) is 5.82 Å². The minimum Gasteiger partial charge on any atom is -0.359 e. The van der Waals surface area contributed by atoms with Crippen LogP contribution in [-0.2, 0) is 4.79 Å². The molecule has 0 bridgehead atoms. The fraction of sp³-hybridized carbons (Fsp3) is 0.357. The Morgan fingerprint density at radius 3 is 2.65 bits per heavy atom. The van der Waals surface area contributed by atoms with E-state index in [0.717, 1.165) is 0 Å². The summed E-state index contributed by atoms with van der Waals surface area (Å²) in [7, 11) is 3.39. The lowest BCUT2D eigenvalue weighted by atomic mass is 10.2. The van der Waals surface area contributed by atoms with Gasteiger partial charge in [0, 0.05) is 26.8 Å². The molecule has 0 aliphatic rings. The first-order chi connectivity index (χ1) is 9.45. The van der Waals surface area contributed by atoms with Crippen LogP contribution in [0.1, 0.15) is 17.3 Å². The third-order valence-corrected chi connectivity index (χ3v) is 2.61. The van der Waals surface area contributed by atoms with Crippen LogP contribution in [0, 0.1) is 0 Å². The highest BCUT2D eigenvalue weighted by molar-refractivity contribution is 5.94. The van der Waals surface area contributed by atoms with E-state index >= 15 is 0 Å². The maximum atomic E-state index is 11.7. The van der Waals surface area contributed by atoms with Crippen LogP contribution in [0.5, 0.6) is 0 Å². The van der Waals surface area contributed by atoms with Crippen molar-refractivity contribution in [3.8, 4) is 0 Å². The molecule has 6 heteroatoms. The van der Waals surface area contributed by atoms with Crippen molar-refractivity contribution in [2.45, 2.75) is 13.0 Å². The van der Waals surface area contributed by atoms with Gasteiger partial charge in [-0.2, -0.15) is 0 Å². The molecule has 6 nitrogen and oxygen atoms in total. The number of carbonyl (C=O) groups is 2. The van der Waals surface area contributed by atoms with E-state index in [1.54, 1.807) is 39.2 Å². The molecule has 0 aliphatic heterocycles. The molecule has 1 heterocycles. The van der Waals surface area contributed by atoms with E-state index < -0.39 is 0 Å². The molecule has 2 N–H and O–H groups in total. The van der Waals surface area contributed by atoms with E-state index in [-0.39, 0.29) is 17.9 Å². The van der Waals surface area contributed by atoms with Crippen molar-refractivity contribution < 1.29 is 9.59 Å². The Labute approximate surface area is 118 Å². The van der Waals surface area contributed by atoms with Gasteiger partial charge in [-0.1, -0.05) is 6.08 Å². The molecule has 1 rings (SSSR count). The number of carbonyl (C=O) groups excluding carboxylic acids is 2. The van der Waals surface area contributed by atoms with E-state index in [9.17, 15) is 9.59 Å². The molecular formula is C14H20N4O2. The van der Waals surface area contributed by atoms with Crippen LogP contribution in [0.25, 0.3) is 0 Å². The zero-order chi connectivity index (χ0) is 15.1. The first-order valence-electron chi connectivity index (χ1n) is 6.28. The van der Waals surface area contributed by atoms with Crippen molar-refractivity contribution in [1.82, 2.24) is 15.2 Å². The Bertz CT molecular complexity index is 482. The van der Waals surface area contributed by atoms with Gasteiger partial charge in [-0.05, 0) is 19.1 Å². The fourth-order valence-corrected chi connectivity index (χ4v) is 1.55. The van der Waals surface area contributed by atoms with Crippen molar-refractivity contribution in [1.29, 1.82) is 0 Å². The third kappa shape index (κ3) is 4.38. The Kier molecular flexibility index (Phi) is 5.71. The number of rotatable bonds is 6. The number of likely N-dealkylation sites (N-methyl/N-ethyl adjacent to an activating group) is 1. The van der Waals surface area contributed by atoms with E-state index in [1.165, 1.54) is 11.1 Å². The summed E-state index contributed by atoms with van der Waals surface area (Å²) in [5, 5.41) is 5.65. The molecule has 0 spiro atoms. The molecule has 0 unspecified atom stereocenters. The molecule has 1 aromatic heterocycles. The predicted octanol–water partition coefficient (Wildman–Crippen LogP) is 0.886. The number of aromatic nitrogens is 1. The Morgan fingerprint density at radius 1 is 1.45 bits per heavy atom. The summed E-state index contributed by atoms with van der Waals surface area (Å²) in [4.78, 5) is 29.0. The third-order valence-electron chi connectivity index (χ3n) is 2.61. The molecule has 0 fully saturated rings. The molecular weight excluding hydrogens is 256 g/mol. The number of hydrogen-bond donors (Lipinski definition) is 2. The standard InChI is InChI=1S/C14H20N4O2/c1-5-8-15-13(19)11-6-7-12(16-9-11)17-10(2)14(20)18(3)4/h5-7,9-10H,1,8H2,2-4H3,(H,15,19)(H,16,17)/t10-/m0/s1. The molecule has 1 aromatic rings. The van der Waals surface area contributed by atoms with E-state index in [0.29, 0.717) is 17.9 Å². The highest BCUT2D eigenvalue weighted by Gasteiger charge is 2.15. The Hall–Kier alpha value is -2.37. The lowest BCUT2D eigenvalue weighted by Gasteiger charge is -2.18. The lowest BCUT2D eigenvalue weighted by molar-refractivity contribution is -0.129. The van der Waals surface area contributed by atoms with Gasteiger partial charge in [-0.3, -0.25) is 9.59 Å². The average Bonchev–Trinajstić information content (AvgIpc) is 2.44.